The van der Waals surface area contributed by atoms with E-state index in [4.69, 9.17) is 23.2 Å². The third-order valence-electron chi connectivity index (χ3n) is 2.40. The summed E-state index contributed by atoms with van der Waals surface area (Å²) in [5.74, 6) is -0.891. The zero-order valence-corrected chi connectivity index (χ0v) is 10.5. The van der Waals surface area contributed by atoms with E-state index in [1.165, 1.54) is 24.3 Å². The summed E-state index contributed by atoms with van der Waals surface area (Å²) in [5.41, 5.74) is 0.252. The van der Waals surface area contributed by atoms with E-state index in [2.05, 4.69) is 0 Å². The van der Waals surface area contributed by atoms with Crippen LogP contribution in [-0.2, 0) is 0 Å². The Bertz CT molecular complexity index is 624. The molecule has 3 nitrogen and oxygen atoms in total. The van der Waals surface area contributed by atoms with Gasteiger partial charge in [0.2, 0.25) is 0 Å². The van der Waals surface area contributed by atoms with E-state index >= 15 is 0 Å². The van der Waals surface area contributed by atoms with Crippen molar-refractivity contribution in [1.82, 2.24) is 0 Å². The summed E-state index contributed by atoms with van der Waals surface area (Å²) < 4.78 is 0. The van der Waals surface area contributed by atoms with Gasteiger partial charge in [-0.15, -0.1) is 0 Å². The van der Waals surface area contributed by atoms with Gasteiger partial charge >= 0.3 is 0 Å². The summed E-state index contributed by atoms with van der Waals surface area (Å²) >= 11 is 11.7. The monoisotopic (exact) mass is 282 g/mol. The number of benzene rings is 2. The van der Waals surface area contributed by atoms with Gasteiger partial charge in [0.15, 0.2) is 5.78 Å². The molecule has 0 amide bonds. The highest BCUT2D eigenvalue weighted by Crippen LogP contribution is 2.28. The molecule has 0 aliphatic heterocycles. The standard InChI is InChI=1S/C13H8Cl2O3/c14-7-1-4-11(15)10(5-7)13(18)9-3-2-8(16)6-12(9)17/h1-6,16-17H. The Morgan fingerprint density at radius 2 is 1.67 bits per heavy atom. The van der Waals surface area contributed by atoms with E-state index in [1.54, 1.807) is 6.07 Å². The summed E-state index contributed by atoms with van der Waals surface area (Å²) in [6.07, 6.45) is 0. The van der Waals surface area contributed by atoms with Crippen molar-refractivity contribution < 1.29 is 15.0 Å². The maximum atomic E-state index is 12.2. The molecule has 0 aliphatic rings. The number of hydrogen-bond donors (Lipinski definition) is 2. The molecule has 2 rings (SSSR count). The SMILES string of the molecule is O=C(c1ccc(O)cc1O)c1cc(Cl)ccc1Cl. The number of carbonyl (C=O) groups is 1. The first kappa shape index (κ1) is 12.7. The third-order valence-corrected chi connectivity index (χ3v) is 2.96. The number of ketones is 1. The van der Waals surface area contributed by atoms with Crippen LogP contribution in [0, 0.1) is 0 Å². The van der Waals surface area contributed by atoms with Gasteiger partial charge in [0.1, 0.15) is 11.5 Å². The first-order valence-corrected chi connectivity index (χ1v) is 5.76. The summed E-state index contributed by atoms with van der Waals surface area (Å²) in [7, 11) is 0. The number of carbonyl (C=O) groups excluding carboxylic acids is 1. The Kier molecular flexibility index (Phi) is 3.45. The molecule has 0 fully saturated rings. The fourth-order valence-electron chi connectivity index (χ4n) is 1.53. The topological polar surface area (TPSA) is 57.5 Å². The molecule has 0 heterocycles. The van der Waals surface area contributed by atoms with Gasteiger partial charge in [-0.1, -0.05) is 23.2 Å². The average molecular weight is 283 g/mol. The molecule has 0 bridgehead atoms. The second-order valence-electron chi connectivity index (χ2n) is 3.65. The average Bonchev–Trinajstić information content (AvgIpc) is 2.31. The van der Waals surface area contributed by atoms with E-state index in [1.807, 2.05) is 0 Å². The fourth-order valence-corrected chi connectivity index (χ4v) is 1.90. The summed E-state index contributed by atoms with van der Waals surface area (Å²) in [4.78, 5) is 12.2. The minimum Gasteiger partial charge on any atom is -0.508 e. The van der Waals surface area contributed by atoms with Gasteiger partial charge in [0.05, 0.1) is 10.6 Å². The predicted molar refractivity (Wildman–Crippen MR) is 69.7 cm³/mol. The quantitative estimate of drug-likeness (QED) is 0.827. The Morgan fingerprint density at radius 3 is 2.33 bits per heavy atom. The molecule has 5 heteroatoms. The van der Waals surface area contributed by atoms with Crippen molar-refractivity contribution in [1.29, 1.82) is 0 Å². The van der Waals surface area contributed by atoms with Crippen LogP contribution in [0.25, 0.3) is 0 Å². The van der Waals surface area contributed by atoms with Gasteiger partial charge in [0.25, 0.3) is 0 Å². The smallest absolute Gasteiger partial charge is 0.198 e. The minimum absolute atomic E-state index is 0.0527. The molecular weight excluding hydrogens is 275 g/mol. The number of rotatable bonds is 2. The lowest BCUT2D eigenvalue weighted by Crippen LogP contribution is -2.02. The van der Waals surface area contributed by atoms with Crippen molar-refractivity contribution in [3.8, 4) is 11.5 Å². The molecule has 0 atom stereocenters. The van der Waals surface area contributed by atoms with Crippen molar-refractivity contribution in [2.24, 2.45) is 0 Å². The maximum absolute atomic E-state index is 12.2. The number of hydrogen-bond acceptors (Lipinski definition) is 3. The Balaban J connectivity index is 2.51. The molecule has 0 radical (unpaired) electrons. The van der Waals surface area contributed by atoms with Crippen LogP contribution in [0.1, 0.15) is 15.9 Å². The summed E-state index contributed by atoms with van der Waals surface area (Å²) in [6, 6.07) is 8.23. The van der Waals surface area contributed by atoms with E-state index in [9.17, 15) is 15.0 Å². The number of phenolic OH excluding ortho intramolecular Hbond substituents is 2. The van der Waals surface area contributed by atoms with Gasteiger partial charge in [0, 0.05) is 16.7 Å². The molecule has 0 aliphatic carbocycles. The van der Waals surface area contributed by atoms with Gasteiger partial charge in [-0.25, -0.2) is 0 Å². The minimum atomic E-state index is -0.458. The molecule has 0 spiro atoms. The van der Waals surface area contributed by atoms with Crippen LogP contribution in [0.15, 0.2) is 36.4 Å². The molecule has 2 N–H and O–H groups in total. The third kappa shape index (κ3) is 2.42. The molecule has 2 aromatic carbocycles. The van der Waals surface area contributed by atoms with Crippen LogP contribution in [0.5, 0.6) is 11.5 Å². The number of phenols is 2. The second kappa shape index (κ2) is 4.88. The molecule has 2 aromatic rings. The molecule has 18 heavy (non-hydrogen) atoms. The Hall–Kier alpha value is -1.71. The van der Waals surface area contributed by atoms with Crippen LogP contribution in [0.4, 0.5) is 0 Å². The highest BCUT2D eigenvalue weighted by atomic mass is 35.5. The van der Waals surface area contributed by atoms with Gasteiger partial charge in [-0.05, 0) is 30.3 Å². The fraction of sp³-hybridized carbons (Fsp3) is 0. The van der Waals surface area contributed by atoms with Crippen LogP contribution in [0.3, 0.4) is 0 Å². The Morgan fingerprint density at radius 1 is 0.944 bits per heavy atom. The van der Waals surface area contributed by atoms with Crippen molar-refractivity contribution in [3.63, 3.8) is 0 Å². The first-order chi connectivity index (χ1) is 8.49. The second-order valence-corrected chi connectivity index (χ2v) is 4.50. The molecule has 92 valence electrons. The predicted octanol–water partition coefficient (Wildman–Crippen LogP) is 3.64. The van der Waals surface area contributed by atoms with Crippen LogP contribution in [0.2, 0.25) is 10.0 Å². The van der Waals surface area contributed by atoms with Crippen LogP contribution >= 0.6 is 23.2 Å². The molecule has 0 saturated carbocycles. The first-order valence-electron chi connectivity index (χ1n) is 5.01. The van der Waals surface area contributed by atoms with E-state index in [0.29, 0.717) is 5.02 Å². The van der Waals surface area contributed by atoms with Gasteiger partial charge < -0.3 is 10.2 Å². The zero-order chi connectivity index (χ0) is 13.3. The van der Waals surface area contributed by atoms with Crippen LogP contribution < -0.4 is 0 Å². The Labute approximate surface area is 113 Å². The lowest BCUT2D eigenvalue weighted by Gasteiger charge is -2.06. The highest BCUT2D eigenvalue weighted by molar-refractivity contribution is 6.36. The largest absolute Gasteiger partial charge is 0.508 e. The van der Waals surface area contributed by atoms with Crippen molar-refractivity contribution in [2.45, 2.75) is 0 Å². The molecular formula is C13H8Cl2O3. The van der Waals surface area contributed by atoms with Crippen molar-refractivity contribution in [2.75, 3.05) is 0 Å². The lowest BCUT2D eigenvalue weighted by atomic mass is 10.0. The highest BCUT2D eigenvalue weighted by Gasteiger charge is 2.17. The summed E-state index contributed by atoms with van der Waals surface area (Å²) in [6.45, 7) is 0. The van der Waals surface area contributed by atoms with Crippen molar-refractivity contribution >= 4 is 29.0 Å². The molecule has 0 aromatic heterocycles. The normalized spacial score (nSPS) is 10.3. The van der Waals surface area contributed by atoms with Gasteiger partial charge in [-0.3, -0.25) is 4.79 Å². The van der Waals surface area contributed by atoms with E-state index in [0.717, 1.165) is 6.07 Å². The number of aromatic hydroxyl groups is 2. The number of halogens is 2. The maximum Gasteiger partial charge on any atom is 0.198 e. The van der Waals surface area contributed by atoms with E-state index in [-0.39, 0.29) is 27.6 Å². The van der Waals surface area contributed by atoms with E-state index < -0.39 is 5.78 Å². The zero-order valence-electron chi connectivity index (χ0n) is 9.02. The molecule has 0 unspecified atom stereocenters. The van der Waals surface area contributed by atoms with Crippen LogP contribution in [-0.4, -0.2) is 16.0 Å². The van der Waals surface area contributed by atoms with Gasteiger partial charge in [-0.2, -0.15) is 0 Å². The van der Waals surface area contributed by atoms with Crippen molar-refractivity contribution in [3.05, 3.63) is 57.6 Å². The molecule has 0 saturated heterocycles. The lowest BCUT2D eigenvalue weighted by molar-refractivity contribution is 0.103. The summed E-state index contributed by atoms with van der Waals surface area (Å²) in [5, 5.41) is 19.4.